The molecule has 1 aromatic heterocycles. The quantitative estimate of drug-likeness (QED) is 0.672. The van der Waals surface area contributed by atoms with Gasteiger partial charge in [0.25, 0.3) is 0 Å². The molecule has 1 heterocycles. The molecule has 0 aliphatic carbocycles. The van der Waals surface area contributed by atoms with E-state index in [1.165, 1.54) is 5.32 Å². The van der Waals surface area contributed by atoms with Gasteiger partial charge in [0, 0.05) is 16.4 Å². The van der Waals surface area contributed by atoms with Crippen LogP contribution in [-0.4, -0.2) is 18.0 Å². The molecule has 0 saturated heterocycles. The van der Waals surface area contributed by atoms with Crippen molar-refractivity contribution in [2.45, 2.75) is 19.6 Å². The van der Waals surface area contributed by atoms with Crippen molar-refractivity contribution in [3.63, 3.8) is 0 Å². The van der Waals surface area contributed by atoms with Crippen molar-refractivity contribution in [1.82, 2.24) is 9.97 Å². The topological polar surface area (TPSA) is 25.8 Å². The Kier molecular flexibility index (Phi) is 3.90. The highest BCUT2D eigenvalue weighted by atomic mass is 28.3. The average Bonchev–Trinajstić information content (AvgIpc) is 2.55. The van der Waals surface area contributed by atoms with Gasteiger partial charge in [-0.3, -0.25) is 0 Å². The van der Waals surface area contributed by atoms with Gasteiger partial charge in [0.15, 0.2) is 5.82 Å². The molecular formula is C19H20N2Si. The van der Waals surface area contributed by atoms with Crippen LogP contribution < -0.4 is 5.32 Å². The lowest BCUT2D eigenvalue weighted by molar-refractivity contribution is 1.20. The summed E-state index contributed by atoms with van der Waals surface area (Å²) in [5.41, 5.74) is 3.22. The van der Waals surface area contributed by atoms with Gasteiger partial charge in [0.1, 0.15) is 8.07 Å². The first-order valence-electron chi connectivity index (χ1n) is 7.54. The largest absolute Gasteiger partial charge is 0.238 e. The molecule has 3 aromatic rings. The van der Waals surface area contributed by atoms with Gasteiger partial charge in [-0.25, -0.2) is 9.97 Å². The SMILES string of the molecule is C[Si](C)(C)c1cc(-c2ccccc2)nc(-c2ccccc2)n1. The third-order valence-corrected chi connectivity index (χ3v) is 5.39. The molecule has 0 bridgehead atoms. The highest BCUT2D eigenvalue weighted by Gasteiger charge is 2.21. The van der Waals surface area contributed by atoms with Gasteiger partial charge in [-0.15, -0.1) is 0 Å². The lowest BCUT2D eigenvalue weighted by atomic mass is 10.1. The molecule has 0 fully saturated rings. The summed E-state index contributed by atoms with van der Waals surface area (Å²) in [6, 6.07) is 22.7. The van der Waals surface area contributed by atoms with E-state index in [2.05, 4.69) is 50.0 Å². The number of hydrogen-bond donors (Lipinski definition) is 0. The molecule has 2 aromatic carbocycles. The molecule has 0 saturated carbocycles. The number of nitrogens with zero attached hydrogens (tertiary/aromatic N) is 2. The van der Waals surface area contributed by atoms with Crippen LogP contribution in [0.3, 0.4) is 0 Å². The van der Waals surface area contributed by atoms with Crippen LogP contribution in [0, 0.1) is 0 Å². The first kappa shape index (κ1) is 14.7. The molecule has 3 heteroatoms. The summed E-state index contributed by atoms with van der Waals surface area (Å²) in [7, 11) is -1.51. The van der Waals surface area contributed by atoms with Gasteiger partial charge in [-0.1, -0.05) is 80.3 Å². The summed E-state index contributed by atoms with van der Waals surface area (Å²) in [5.74, 6) is 0.819. The smallest absolute Gasteiger partial charge is 0.159 e. The van der Waals surface area contributed by atoms with E-state index in [0.717, 1.165) is 22.6 Å². The van der Waals surface area contributed by atoms with Crippen LogP contribution in [0.15, 0.2) is 66.7 Å². The van der Waals surface area contributed by atoms with E-state index in [4.69, 9.17) is 9.97 Å². The van der Waals surface area contributed by atoms with Gasteiger partial charge < -0.3 is 0 Å². The van der Waals surface area contributed by atoms with Crippen molar-refractivity contribution in [3.8, 4) is 22.6 Å². The molecule has 0 spiro atoms. The van der Waals surface area contributed by atoms with Crippen molar-refractivity contribution in [3.05, 3.63) is 66.7 Å². The number of benzene rings is 2. The number of rotatable bonds is 3. The fourth-order valence-electron chi connectivity index (χ4n) is 2.30. The third-order valence-electron chi connectivity index (χ3n) is 3.60. The zero-order valence-corrected chi connectivity index (χ0v) is 14.2. The molecule has 0 radical (unpaired) electrons. The summed E-state index contributed by atoms with van der Waals surface area (Å²) < 4.78 is 0. The van der Waals surface area contributed by atoms with Crippen LogP contribution in [0.5, 0.6) is 0 Å². The maximum Gasteiger partial charge on any atom is 0.159 e. The zero-order chi connectivity index (χ0) is 15.6. The molecule has 0 N–H and O–H groups in total. The van der Waals surface area contributed by atoms with Crippen molar-refractivity contribution >= 4 is 13.4 Å². The van der Waals surface area contributed by atoms with Gasteiger partial charge in [-0.05, 0) is 6.07 Å². The Bertz CT molecular complexity index is 705. The van der Waals surface area contributed by atoms with E-state index < -0.39 is 8.07 Å². The minimum Gasteiger partial charge on any atom is -0.238 e. The average molecular weight is 304 g/mol. The van der Waals surface area contributed by atoms with E-state index in [-0.39, 0.29) is 0 Å². The Hall–Kier alpha value is -2.26. The van der Waals surface area contributed by atoms with Crippen LogP contribution in [0.25, 0.3) is 22.6 Å². The van der Waals surface area contributed by atoms with Crippen molar-refractivity contribution in [2.75, 3.05) is 0 Å². The van der Waals surface area contributed by atoms with E-state index in [1.807, 2.05) is 36.4 Å². The van der Waals surface area contributed by atoms with Gasteiger partial charge in [0.05, 0.1) is 5.69 Å². The first-order chi connectivity index (χ1) is 10.5. The Labute approximate surface area is 132 Å². The lowest BCUT2D eigenvalue weighted by Crippen LogP contribution is -2.40. The van der Waals surface area contributed by atoms with Crippen LogP contribution in [0.2, 0.25) is 19.6 Å². The van der Waals surface area contributed by atoms with E-state index in [1.54, 1.807) is 0 Å². The van der Waals surface area contributed by atoms with Crippen LogP contribution in [-0.2, 0) is 0 Å². The van der Waals surface area contributed by atoms with Crippen LogP contribution in [0.4, 0.5) is 0 Å². The lowest BCUT2D eigenvalue weighted by Gasteiger charge is -2.17. The predicted molar refractivity (Wildman–Crippen MR) is 95.9 cm³/mol. The number of aromatic nitrogens is 2. The summed E-state index contributed by atoms with van der Waals surface area (Å²) in [6.45, 7) is 6.96. The minimum atomic E-state index is -1.51. The second-order valence-corrected chi connectivity index (χ2v) is 11.5. The van der Waals surface area contributed by atoms with E-state index >= 15 is 0 Å². The fourth-order valence-corrected chi connectivity index (χ4v) is 3.32. The maximum absolute atomic E-state index is 4.85. The Morgan fingerprint density at radius 1 is 0.682 bits per heavy atom. The standard InChI is InChI=1S/C19H20N2Si/c1-22(2,3)18-14-17(15-10-6-4-7-11-15)20-19(21-18)16-12-8-5-9-13-16/h4-14H,1-3H3. The predicted octanol–water partition coefficient (Wildman–Crippen LogP) is 4.36. The van der Waals surface area contributed by atoms with Crippen LogP contribution in [0.1, 0.15) is 0 Å². The number of hydrogen-bond acceptors (Lipinski definition) is 2. The van der Waals surface area contributed by atoms with E-state index in [0.29, 0.717) is 0 Å². The fraction of sp³-hybridized carbons (Fsp3) is 0.158. The Morgan fingerprint density at radius 2 is 1.23 bits per heavy atom. The second-order valence-electron chi connectivity index (χ2n) is 6.44. The van der Waals surface area contributed by atoms with Crippen molar-refractivity contribution in [2.24, 2.45) is 0 Å². The highest BCUT2D eigenvalue weighted by Crippen LogP contribution is 2.21. The second kappa shape index (κ2) is 5.85. The summed E-state index contributed by atoms with van der Waals surface area (Å²) in [5, 5.41) is 1.19. The molecule has 3 rings (SSSR count). The molecule has 0 aliphatic heterocycles. The highest BCUT2D eigenvalue weighted by molar-refractivity contribution is 6.88. The minimum absolute atomic E-state index is 0.819. The van der Waals surface area contributed by atoms with Crippen molar-refractivity contribution in [1.29, 1.82) is 0 Å². The summed E-state index contributed by atoms with van der Waals surface area (Å²) >= 11 is 0. The molecular weight excluding hydrogens is 284 g/mol. The van der Waals surface area contributed by atoms with Gasteiger partial charge in [0.2, 0.25) is 0 Å². The summed E-state index contributed by atoms with van der Waals surface area (Å²) in [4.78, 5) is 9.65. The first-order valence-corrected chi connectivity index (χ1v) is 11.0. The maximum atomic E-state index is 4.85. The molecule has 0 atom stereocenters. The molecule has 110 valence electrons. The molecule has 2 nitrogen and oxygen atoms in total. The molecule has 22 heavy (non-hydrogen) atoms. The molecule has 0 unspecified atom stereocenters. The molecule has 0 aliphatic rings. The Morgan fingerprint density at radius 3 is 1.77 bits per heavy atom. The van der Waals surface area contributed by atoms with Crippen molar-refractivity contribution < 1.29 is 0 Å². The van der Waals surface area contributed by atoms with E-state index in [9.17, 15) is 0 Å². The third kappa shape index (κ3) is 3.15. The normalized spacial score (nSPS) is 11.4. The summed E-state index contributed by atoms with van der Waals surface area (Å²) in [6.07, 6.45) is 0. The molecule has 0 amide bonds. The Balaban J connectivity index is 2.19. The van der Waals surface area contributed by atoms with Crippen LogP contribution >= 0.6 is 0 Å². The monoisotopic (exact) mass is 304 g/mol. The zero-order valence-electron chi connectivity index (χ0n) is 13.2. The van der Waals surface area contributed by atoms with Gasteiger partial charge >= 0.3 is 0 Å². The van der Waals surface area contributed by atoms with Gasteiger partial charge in [-0.2, -0.15) is 0 Å².